The maximum absolute atomic E-state index is 12.5. The molecule has 6 heteroatoms. The van der Waals surface area contributed by atoms with Crippen LogP contribution < -0.4 is 14.2 Å². The fourth-order valence-electron chi connectivity index (χ4n) is 2.54. The number of nitrogens with zero attached hydrogens (tertiary/aromatic N) is 1. The Labute approximate surface area is 151 Å². The Hall–Kier alpha value is -2.34. The molecule has 2 aromatic carbocycles. The van der Waals surface area contributed by atoms with E-state index in [-0.39, 0.29) is 12.7 Å². The van der Waals surface area contributed by atoms with Crippen molar-refractivity contribution in [2.45, 2.75) is 18.4 Å². The minimum atomic E-state index is 0.112. The number of ether oxygens (including phenoxy) is 3. The van der Waals surface area contributed by atoms with Crippen molar-refractivity contribution >= 4 is 17.7 Å². The van der Waals surface area contributed by atoms with Gasteiger partial charge >= 0.3 is 0 Å². The summed E-state index contributed by atoms with van der Waals surface area (Å²) in [5.74, 6) is 2.83. The van der Waals surface area contributed by atoms with Crippen LogP contribution in [0.2, 0.25) is 0 Å². The van der Waals surface area contributed by atoms with Gasteiger partial charge in [0.1, 0.15) is 5.75 Å². The second kappa shape index (κ2) is 8.16. The van der Waals surface area contributed by atoms with E-state index in [0.717, 1.165) is 27.7 Å². The lowest BCUT2D eigenvalue weighted by Gasteiger charge is -2.21. The third-order valence-electron chi connectivity index (χ3n) is 3.97. The van der Waals surface area contributed by atoms with Gasteiger partial charge in [0.2, 0.25) is 12.7 Å². The highest BCUT2D eigenvalue weighted by Gasteiger charge is 2.16. The smallest absolute Gasteiger partial charge is 0.233 e. The van der Waals surface area contributed by atoms with Crippen LogP contribution >= 0.6 is 11.8 Å². The van der Waals surface area contributed by atoms with Crippen LogP contribution in [0.15, 0.2) is 47.4 Å². The predicted molar refractivity (Wildman–Crippen MR) is 97.4 cm³/mol. The van der Waals surface area contributed by atoms with E-state index in [9.17, 15) is 4.79 Å². The van der Waals surface area contributed by atoms with Gasteiger partial charge < -0.3 is 19.1 Å². The first-order valence-corrected chi connectivity index (χ1v) is 9.11. The van der Waals surface area contributed by atoms with Crippen LogP contribution in [-0.4, -0.2) is 37.0 Å². The Balaban J connectivity index is 1.57. The molecule has 0 N–H and O–H groups in total. The van der Waals surface area contributed by atoms with Crippen LogP contribution in [0.1, 0.15) is 12.5 Å². The van der Waals surface area contributed by atoms with Gasteiger partial charge in [-0.1, -0.05) is 6.07 Å². The molecule has 0 saturated heterocycles. The molecule has 132 valence electrons. The first kappa shape index (κ1) is 17.5. The lowest BCUT2D eigenvalue weighted by molar-refractivity contribution is -0.128. The number of carbonyl (C=O) groups excluding carboxylic acids is 1. The number of benzene rings is 2. The van der Waals surface area contributed by atoms with Crippen LogP contribution in [-0.2, 0) is 11.3 Å². The zero-order chi connectivity index (χ0) is 17.6. The van der Waals surface area contributed by atoms with Crippen LogP contribution in [0, 0.1) is 0 Å². The van der Waals surface area contributed by atoms with Gasteiger partial charge in [-0.25, -0.2) is 0 Å². The summed E-state index contributed by atoms with van der Waals surface area (Å²) in [4.78, 5) is 15.4. The van der Waals surface area contributed by atoms with Gasteiger partial charge in [0, 0.05) is 18.0 Å². The number of carbonyl (C=O) groups is 1. The SMILES string of the molecule is CCN(Cc1ccc2c(c1)OCO2)C(=O)CSc1ccc(OC)cc1. The summed E-state index contributed by atoms with van der Waals surface area (Å²) in [6.07, 6.45) is 0. The van der Waals surface area contributed by atoms with Crippen molar-refractivity contribution in [1.29, 1.82) is 0 Å². The Morgan fingerprint density at radius 1 is 1.16 bits per heavy atom. The molecule has 0 radical (unpaired) electrons. The molecule has 1 aliphatic rings. The molecule has 0 unspecified atom stereocenters. The molecule has 0 bridgehead atoms. The van der Waals surface area contributed by atoms with Crippen molar-refractivity contribution in [3.8, 4) is 17.2 Å². The standard InChI is InChI=1S/C19H21NO4S/c1-3-20(11-14-4-9-17-18(10-14)24-13-23-17)19(21)12-25-16-7-5-15(22-2)6-8-16/h4-10H,3,11-13H2,1-2H3. The van der Waals surface area contributed by atoms with Crippen molar-refractivity contribution in [3.05, 3.63) is 48.0 Å². The van der Waals surface area contributed by atoms with Crippen molar-refractivity contribution in [2.24, 2.45) is 0 Å². The molecule has 2 aromatic rings. The molecule has 1 amide bonds. The quantitative estimate of drug-likeness (QED) is 0.708. The van der Waals surface area contributed by atoms with E-state index in [4.69, 9.17) is 14.2 Å². The van der Waals surface area contributed by atoms with Crippen LogP contribution in [0.25, 0.3) is 0 Å². The highest BCUT2D eigenvalue weighted by Crippen LogP contribution is 2.33. The molecule has 25 heavy (non-hydrogen) atoms. The molecule has 0 saturated carbocycles. The molecule has 0 fully saturated rings. The Morgan fingerprint density at radius 3 is 2.64 bits per heavy atom. The molecule has 0 atom stereocenters. The third kappa shape index (κ3) is 4.39. The number of thioether (sulfide) groups is 1. The van der Waals surface area contributed by atoms with Gasteiger partial charge in [0.15, 0.2) is 11.5 Å². The van der Waals surface area contributed by atoms with E-state index in [1.54, 1.807) is 7.11 Å². The topological polar surface area (TPSA) is 48.0 Å². The van der Waals surface area contributed by atoms with Crippen LogP contribution in [0.5, 0.6) is 17.2 Å². The molecular weight excluding hydrogens is 338 g/mol. The average molecular weight is 359 g/mol. The number of hydrogen-bond acceptors (Lipinski definition) is 5. The molecule has 0 spiro atoms. The Morgan fingerprint density at radius 2 is 1.92 bits per heavy atom. The van der Waals surface area contributed by atoms with E-state index in [2.05, 4.69) is 0 Å². The number of amides is 1. The first-order valence-electron chi connectivity index (χ1n) is 8.12. The lowest BCUT2D eigenvalue weighted by Crippen LogP contribution is -2.31. The molecule has 1 heterocycles. The summed E-state index contributed by atoms with van der Waals surface area (Å²) in [6, 6.07) is 13.5. The second-order valence-corrected chi connectivity index (χ2v) is 6.61. The van der Waals surface area contributed by atoms with Gasteiger partial charge in [-0.2, -0.15) is 0 Å². The summed E-state index contributed by atoms with van der Waals surface area (Å²) in [5.41, 5.74) is 1.04. The highest BCUT2D eigenvalue weighted by atomic mass is 32.2. The number of methoxy groups -OCH3 is 1. The molecule has 0 aromatic heterocycles. The van der Waals surface area contributed by atoms with Crippen molar-refractivity contribution in [1.82, 2.24) is 4.90 Å². The summed E-state index contributed by atoms with van der Waals surface area (Å²) in [5, 5.41) is 0. The van der Waals surface area contributed by atoms with Crippen LogP contribution in [0.4, 0.5) is 0 Å². The monoisotopic (exact) mass is 359 g/mol. The van der Waals surface area contributed by atoms with Gasteiger partial charge in [0.05, 0.1) is 12.9 Å². The fourth-order valence-corrected chi connectivity index (χ4v) is 3.35. The average Bonchev–Trinajstić information content (AvgIpc) is 3.12. The van der Waals surface area contributed by atoms with Gasteiger partial charge in [-0.3, -0.25) is 4.79 Å². The molecular formula is C19H21NO4S. The normalized spacial score (nSPS) is 12.1. The second-order valence-electron chi connectivity index (χ2n) is 5.56. The maximum Gasteiger partial charge on any atom is 0.233 e. The van der Waals surface area contributed by atoms with E-state index in [1.807, 2.05) is 54.3 Å². The van der Waals surface area contributed by atoms with Gasteiger partial charge in [0.25, 0.3) is 0 Å². The number of rotatable bonds is 7. The lowest BCUT2D eigenvalue weighted by atomic mass is 10.2. The van der Waals surface area contributed by atoms with Crippen molar-refractivity contribution < 1.29 is 19.0 Å². The number of hydrogen-bond donors (Lipinski definition) is 0. The minimum absolute atomic E-state index is 0.112. The zero-order valence-corrected chi connectivity index (χ0v) is 15.2. The Bertz CT molecular complexity index is 733. The van der Waals surface area contributed by atoms with E-state index < -0.39 is 0 Å². The third-order valence-corrected chi connectivity index (χ3v) is 4.96. The Kier molecular flexibility index (Phi) is 5.71. The summed E-state index contributed by atoms with van der Waals surface area (Å²) < 4.78 is 15.9. The maximum atomic E-state index is 12.5. The summed E-state index contributed by atoms with van der Waals surface area (Å²) >= 11 is 1.53. The van der Waals surface area contributed by atoms with E-state index in [1.165, 1.54) is 11.8 Å². The number of fused-ring (bicyclic) bond motifs is 1. The van der Waals surface area contributed by atoms with E-state index in [0.29, 0.717) is 18.8 Å². The fraction of sp³-hybridized carbons (Fsp3) is 0.316. The molecule has 5 nitrogen and oxygen atoms in total. The summed E-state index contributed by atoms with van der Waals surface area (Å²) in [6.45, 7) is 3.47. The van der Waals surface area contributed by atoms with Crippen molar-refractivity contribution in [3.63, 3.8) is 0 Å². The molecule has 1 aliphatic heterocycles. The first-order chi connectivity index (χ1) is 12.2. The van der Waals surface area contributed by atoms with Gasteiger partial charge in [-0.05, 0) is 48.9 Å². The van der Waals surface area contributed by atoms with Gasteiger partial charge in [-0.15, -0.1) is 11.8 Å². The predicted octanol–water partition coefficient (Wildman–Crippen LogP) is 3.56. The minimum Gasteiger partial charge on any atom is -0.497 e. The van der Waals surface area contributed by atoms with E-state index >= 15 is 0 Å². The highest BCUT2D eigenvalue weighted by molar-refractivity contribution is 8.00. The summed E-state index contributed by atoms with van der Waals surface area (Å²) in [7, 11) is 1.64. The zero-order valence-electron chi connectivity index (χ0n) is 14.4. The molecule has 3 rings (SSSR count). The largest absolute Gasteiger partial charge is 0.497 e. The van der Waals surface area contributed by atoms with Crippen molar-refractivity contribution in [2.75, 3.05) is 26.2 Å². The molecule has 0 aliphatic carbocycles. The van der Waals surface area contributed by atoms with Crippen LogP contribution in [0.3, 0.4) is 0 Å².